The number of carbonyl (C=O) groups is 2. The molecular weight excluding hydrogens is 420 g/mol. The van der Waals surface area contributed by atoms with Crippen LogP contribution in [0.5, 0.6) is 11.5 Å². The first-order valence-corrected chi connectivity index (χ1v) is 10.7. The Morgan fingerprint density at radius 3 is 2.81 bits per heavy atom. The van der Waals surface area contributed by atoms with Crippen molar-refractivity contribution in [2.24, 2.45) is 4.99 Å². The van der Waals surface area contributed by atoms with Crippen LogP contribution in [0.25, 0.3) is 10.2 Å². The third kappa shape index (κ3) is 4.62. The summed E-state index contributed by atoms with van der Waals surface area (Å²) in [6.45, 7) is 3.26. The average molecular weight is 442 g/mol. The number of thiazole rings is 1. The van der Waals surface area contributed by atoms with E-state index in [1.165, 1.54) is 11.3 Å². The first-order valence-electron chi connectivity index (χ1n) is 9.84. The molecule has 1 amide bonds. The highest BCUT2D eigenvalue weighted by Crippen LogP contribution is 2.32. The summed E-state index contributed by atoms with van der Waals surface area (Å²) in [7, 11) is 1.62. The Labute approximate surface area is 182 Å². The van der Waals surface area contributed by atoms with Gasteiger partial charge in [0.15, 0.2) is 16.3 Å². The molecule has 0 saturated heterocycles. The topological polar surface area (TPSA) is 88.4 Å². The standard InChI is InChI=1S/C22H22N2O6S/c1-3-28-21(26)15-5-6-16-19(12-15)31-22(24(16)8-9-27-2)23-20(25)11-14-4-7-17-18(10-14)30-13-29-17/h4-7,10,12H,3,8-9,11,13H2,1-2H3. The molecule has 0 aliphatic carbocycles. The van der Waals surface area contributed by atoms with Gasteiger partial charge in [-0.15, -0.1) is 0 Å². The molecule has 1 aliphatic rings. The Balaban J connectivity index is 1.66. The third-order valence-corrected chi connectivity index (χ3v) is 5.77. The van der Waals surface area contributed by atoms with Crippen LogP contribution in [0.2, 0.25) is 0 Å². The normalized spacial score (nSPS) is 13.0. The van der Waals surface area contributed by atoms with Gasteiger partial charge >= 0.3 is 5.97 Å². The number of aromatic nitrogens is 1. The average Bonchev–Trinajstić information content (AvgIpc) is 3.35. The van der Waals surface area contributed by atoms with Gasteiger partial charge in [0.1, 0.15) is 0 Å². The highest BCUT2D eigenvalue weighted by atomic mass is 32.1. The van der Waals surface area contributed by atoms with Gasteiger partial charge in [0.05, 0.1) is 35.4 Å². The number of esters is 1. The Morgan fingerprint density at radius 1 is 1.16 bits per heavy atom. The molecule has 0 N–H and O–H groups in total. The van der Waals surface area contributed by atoms with Gasteiger partial charge < -0.3 is 23.5 Å². The molecular formula is C22H22N2O6S. The zero-order valence-corrected chi connectivity index (χ0v) is 18.1. The zero-order valence-electron chi connectivity index (χ0n) is 17.3. The number of fused-ring (bicyclic) bond motifs is 2. The van der Waals surface area contributed by atoms with Gasteiger partial charge in [-0.05, 0) is 42.8 Å². The van der Waals surface area contributed by atoms with Crippen molar-refractivity contribution in [1.29, 1.82) is 0 Å². The summed E-state index contributed by atoms with van der Waals surface area (Å²) in [6, 6.07) is 10.7. The van der Waals surface area contributed by atoms with Crippen molar-refractivity contribution in [3.63, 3.8) is 0 Å². The minimum atomic E-state index is -0.376. The third-order valence-electron chi connectivity index (χ3n) is 4.73. The van der Waals surface area contributed by atoms with E-state index < -0.39 is 0 Å². The molecule has 9 heteroatoms. The van der Waals surface area contributed by atoms with Crippen LogP contribution in [0.4, 0.5) is 0 Å². The van der Waals surface area contributed by atoms with E-state index in [0.29, 0.717) is 41.6 Å². The van der Waals surface area contributed by atoms with Gasteiger partial charge in [-0.2, -0.15) is 4.99 Å². The van der Waals surface area contributed by atoms with Crippen LogP contribution in [-0.2, 0) is 27.2 Å². The Morgan fingerprint density at radius 2 is 2.00 bits per heavy atom. The number of rotatable bonds is 7. The first-order chi connectivity index (χ1) is 15.1. The van der Waals surface area contributed by atoms with Crippen molar-refractivity contribution >= 4 is 33.4 Å². The molecule has 0 radical (unpaired) electrons. The molecule has 0 unspecified atom stereocenters. The van der Waals surface area contributed by atoms with Crippen molar-refractivity contribution < 1.29 is 28.5 Å². The van der Waals surface area contributed by atoms with Crippen LogP contribution in [0.3, 0.4) is 0 Å². The van der Waals surface area contributed by atoms with E-state index in [0.717, 1.165) is 15.8 Å². The highest BCUT2D eigenvalue weighted by molar-refractivity contribution is 7.16. The van der Waals surface area contributed by atoms with Gasteiger partial charge in [-0.1, -0.05) is 17.4 Å². The fourth-order valence-corrected chi connectivity index (χ4v) is 4.38. The van der Waals surface area contributed by atoms with Gasteiger partial charge in [0.2, 0.25) is 6.79 Å². The number of methoxy groups -OCH3 is 1. The summed E-state index contributed by atoms with van der Waals surface area (Å²) in [4.78, 5) is 29.7. The van der Waals surface area contributed by atoms with Crippen molar-refractivity contribution in [3.05, 3.63) is 52.3 Å². The lowest BCUT2D eigenvalue weighted by Crippen LogP contribution is -2.19. The predicted molar refractivity (Wildman–Crippen MR) is 114 cm³/mol. The van der Waals surface area contributed by atoms with E-state index in [9.17, 15) is 9.59 Å². The Kier molecular flexibility index (Phi) is 6.34. The van der Waals surface area contributed by atoms with Crippen molar-refractivity contribution in [3.8, 4) is 11.5 Å². The molecule has 4 rings (SSSR count). The summed E-state index contributed by atoms with van der Waals surface area (Å²) < 4.78 is 23.7. The van der Waals surface area contributed by atoms with E-state index in [2.05, 4.69) is 4.99 Å². The predicted octanol–water partition coefficient (Wildman–Crippen LogP) is 2.92. The summed E-state index contributed by atoms with van der Waals surface area (Å²) >= 11 is 1.35. The number of carbonyl (C=O) groups excluding carboxylic acids is 2. The lowest BCUT2D eigenvalue weighted by atomic mass is 10.1. The molecule has 3 aromatic rings. The maximum Gasteiger partial charge on any atom is 0.338 e. The summed E-state index contributed by atoms with van der Waals surface area (Å²) in [6.07, 6.45) is 0.142. The van der Waals surface area contributed by atoms with E-state index in [1.54, 1.807) is 38.3 Å². The van der Waals surface area contributed by atoms with Crippen LogP contribution in [-0.4, -0.2) is 43.6 Å². The molecule has 0 fully saturated rings. The molecule has 0 saturated carbocycles. The zero-order chi connectivity index (χ0) is 21.8. The highest BCUT2D eigenvalue weighted by Gasteiger charge is 2.15. The molecule has 0 spiro atoms. The van der Waals surface area contributed by atoms with E-state index in [-0.39, 0.29) is 25.1 Å². The summed E-state index contributed by atoms with van der Waals surface area (Å²) in [5, 5.41) is 0. The van der Waals surface area contributed by atoms with Crippen LogP contribution in [0.1, 0.15) is 22.8 Å². The number of hydrogen-bond acceptors (Lipinski definition) is 7. The van der Waals surface area contributed by atoms with E-state index >= 15 is 0 Å². The summed E-state index contributed by atoms with van der Waals surface area (Å²) in [5.41, 5.74) is 2.14. The fraction of sp³-hybridized carbons (Fsp3) is 0.318. The van der Waals surface area contributed by atoms with Crippen LogP contribution in [0, 0.1) is 0 Å². The SMILES string of the molecule is CCOC(=O)c1ccc2c(c1)sc(=NC(=O)Cc1ccc3c(c1)OCO3)n2CCOC. The Bertz CT molecular complexity index is 1200. The molecule has 2 aromatic carbocycles. The van der Waals surface area contributed by atoms with E-state index in [1.807, 2.05) is 16.7 Å². The van der Waals surface area contributed by atoms with Crippen molar-refractivity contribution in [1.82, 2.24) is 4.57 Å². The van der Waals surface area contributed by atoms with Gasteiger partial charge in [0, 0.05) is 13.7 Å². The molecule has 0 bridgehead atoms. The second-order valence-electron chi connectivity index (χ2n) is 6.80. The number of amides is 1. The lowest BCUT2D eigenvalue weighted by molar-refractivity contribution is -0.117. The second kappa shape index (κ2) is 9.32. The summed E-state index contributed by atoms with van der Waals surface area (Å²) in [5.74, 6) is 0.655. The van der Waals surface area contributed by atoms with Gasteiger partial charge in [-0.3, -0.25) is 4.79 Å². The van der Waals surface area contributed by atoms with Crippen molar-refractivity contribution in [2.45, 2.75) is 19.9 Å². The molecule has 1 aliphatic heterocycles. The smallest absolute Gasteiger partial charge is 0.338 e. The number of nitrogens with zero attached hydrogens (tertiary/aromatic N) is 2. The maximum absolute atomic E-state index is 12.7. The van der Waals surface area contributed by atoms with Crippen LogP contribution >= 0.6 is 11.3 Å². The molecule has 0 atom stereocenters. The molecule has 31 heavy (non-hydrogen) atoms. The van der Waals surface area contributed by atoms with Gasteiger partial charge in [-0.25, -0.2) is 4.79 Å². The van der Waals surface area contributed by atoms with Crippen molar-refractivity contribution in [2.75, 3.05) is 27.1 Å². The van der Waals surface area contributed by atoms with Gasteiger partial charge in [0.25, 0.3) is 5.91 Å². The number of benzene rings is 2. The quantitative estimate of drug-likeness (QED) is 0.523. The first kappa shape index (κ1) is 21.1. The fourth-order valence-electron chi connectivity index (χ4n) is 3.27. The van der Waals surface area contributed by atoms with Crippen LogP contribution in [0.15, 0.2) is 41.4 Å². The molecule has 2 heterocycles. The molecule has 8 nitrogen and oxygen atoms in total. The minimum absolute atomic E-state index is 0.142. The van der Waals surface area contributed by atoms with E-state index in [4.69, 9.17) is 18.9 Å². The minimum Gasteiger partial charge on any atom is -0.462 e. The molecule has 1 aromatic heterocycles. The van der Waals surface area contributed by atoms with Crippen LogP contribution < -0.4 is 14.3 Å². The maximum atomic E-state index is 12.7. The lowest BCUT2D eigenvalue weighted by Gasteiger charge is -2.05. The largest absolute Gasteiger partial charge is 0.462 e. The number of ether oxygens (including phenoxy) is 4. The number of hydrogen-bond donors (Lipinski definition) is 0. The Hall–Kier alpha value is -3.17. The monoisotopic (exact) mass is 442 g/mol. The molecule has 162 valence electrons. The second-order valence-corrected chi connectivity index (χ2v) is 7.81.